The minimum absolute atomic E-state index is 0.255. The van der Waals surface area contributed by atoms with Crippen molar-refractivity contribution in [2.75, 3.05) is 60.8 Å². The predicted molar refractivity (Wildman–Crippen MR) is 133 cm³/mol. The highest BCUT2D eigenvalue weighted by Crippen LogP contribution is 2.23. The van der Waals surface area contributed by atoms with Crippen molar-refractivity contribution in [3.8, 4) is 12.0 Å². The molecular weight excluding hydrogens is 436 g/mol. The van der Waals surface area contributed by atoms with Crippen LogP contribution in [-0.2, 0) is 0 Å². The Balaban J connectivity index is 1.77. The van der Waals surface area contributed by atoms with Crippen LogP contribution in [0.5, 0.6) is 12.0 Å². The van der Waals surface area contributed by atoms with Gasteiger partial charge in [0.15, 0.2) is 0 Å². The second-order valence-electron chi connectivity index (χ2n) is 7.06. The second-order valence-corrected chi connectivity index (χ2v) is 7.06. The number of anilines is 6. The van der Waals surface area contributed by atoms with Gasteiger partial charge < -0.3 is 29.9 Å². The van der Waals surface area contributed by atoms with Crippen LogP contribution in [0.25, 0.3) is 0 Å². The van der Waals surface area contributed by atoms with Gasteiger partial charge in [-0.1, -0.05) is 0 Å². The Bertz CT molecular complexity index is 972. The zero-order valence-corrected chi connectivity index (χ0v) is 20.5. The molecule has 0 aliphatic rings. The van der Waals surface area contributed by atoms with Gasteiger partial charge >= 0.3 is 12.0 Å². The van der Waals surface area contributed by atoms with Crippen LogP contribution in [0.4, 0.5) is 35.2 Å². The quantitative estimate of drug-likeness (QED) is 0.405. The van der Waals surface area contributed by atoms with Crippen LogP contribution >= 0.6 is 0 Å². The molecule has 0 amide bonds. The number of hydrogen-bond donors (Lipinski definition) is 2. The number of hydrogen-bond acceptors (Lipinski definition) is 12. The van der Waals surface area contributed by atoms with Gasteiger partial charge in [-0.3, -0.25) is 0 Å². The van der Waals surface area contributed by atoms with Crippen molar-refractivity contribution in [3.63, 3.8) is 0 Å². The number of benzene rings is 1. The summed E-state index contributed by atoms with van der Waals surface area (Å²) in [6, 6.07) is 8.12. The van der Waals surface area contributed by atoms with E-state index in [9.17, 15) is 0 Å². The van der Waals surface area contributed by atoms with Gasteiger partial charge in [0, 0.05) is 37.6 Å². The van der Waals surface area contributed by atoms with E-state index in [2.05, 4.69) is 40.5 Å². The molecule has 0 atom stereocenters. The molecule has 2 N–H and O–H groups in total. The predicted octanol–water partition coefficient (Wildman–Crippen LogP) is 3.25. The van der Waals surface area contributed by atoms with E-state index in [-0.39, 0.29) is 12.0 Å². The molecule has 0 bridgehead atoms. The van der Waals surface area contributed by atoms with E-state index in [1.165, 1.54) is 14.2 Å². The molecule has 0 unspecified atom stereocenters. The summed E-state index contributed by atoms with van der Waals surface area (Å²) in [5.74, 6) is 1.93. The molecule has 0 fully saturated rings. The zero-order chi connectivity index (χ0) is 24.5. The molecule has 0 aliphatic heterocycles. The fraction of sp³-hybridized carbons (Fsp3) is 0.455. The molecule has 0 saturated carbocycles. The largest absolute Gasteiger partial charge is 0.467 e. The van der Waals surface area contributed by atoms with E-state index < -0.39 is 0 Å². The lowest BCUT2D eigenvalue weighted by atomic mass is 10.3. The number of methoxy groups -OCH3 is 2. The van der Waals surface area contributed by atoms with Crippen molar-refractivity contribution in [2.45, 2.75) is 27.7 Å². The highest BCUT2D eigenvalue weighted by atomic mass is 16.5. The molecular formula is C22H32N10O2. The van der Waals surface area contributed by atoms with E-state index in [1.54, 1.807) is 0 Å². The highest BCUT2D eigenvalue weighted by Gasteiger charge is 2.13. The van der Waals surface area contributed by atoms with Crippen molar-refractivity contribution in [1.29, 1.82) is 0 Å². The molecule has 0 aliphatic carbocycles. The summed E-state index contributed by atoms with van der Waals surface area (Å²) < 4.78 is 10.5. The SMILES string of the molecule is CCN(CC)c1nc(Nc2ccc(Nc3nc(OC)nc(N(CC)CC)n3)cc2)nc(OC)n1. The van der Waals surface area contributed by atoms with Crippen LogP contribution in [0.15, 0.2) is 24.3 Å². The number of nitrogens with zero attached hydrogens (tertiary/aromatic N) is 8. The van der Waals surface area contributed by atoms with Crippen LogP contribution in [0.2, 0.25) is 0 Å². The maximum absolute atomic E-state index is 5.25. The first-order valence-electron chi connectivity index (χ1n) is 11.3. The molecule has 34 heavy (non-hydrogen) atoms. The van der Waals surface area contributed by atoms with Gasteiger partial charge in [-0.25, -0.2) is 0 Å². The third-order valence-corrected chi connectivity index (χ3v) is 5.06. The first-order valence-corrected chi connectivity index (χ1v) is 11.3. The summed E-state index contributed by atoms with van der Waals surface area (Å²) in [6.45, 7) is 11.3. The van der Waals surface area contributed by atoms with E-state index in [0.29, 0.717) is 23.8 Å². The maximum Gasteiger partial charge on any atom is 0.322 e. The minimum atomic E-state index is 0.255. The van der Waals surface area contributed by atoms with Gasteiger partial charge in [0.1, 0.15) is 0 Å². The lowest BCUT2D eigenvalue weighted by Gasteiger charge is -2.19. The monoisotopic (exact) mass is 468 g/mol. The molecule has 2 heterocycles. The molecule has 182 valence electrons. The molecule has 2 aromatic heterocycles. The van der Waals surface area contributed by atoms with Crippen LogP contribution in [0.3, 0.4) is 0 Å². The van der Waals surface area contributed by atoms with Crippen LogP contribution in [-0.4, -0.2) is 70.3 Å². The Morgan fingerprint density at radius 1 is 0.588 bits per heavy atom. The Morgan fingerprint density at radius 2 is 0.941 bits per heavy atom. The number of ether oxygens (including phenoxy) is 2. The van der Waals surface area contributed by atoms with Gasteiger partial charge in [0.05, 0.1) is 14.2 Å². The summed E-state index contributed by atoms with van der Waals surface area (Å²) in [6.07, 6.45) is 0. The highest BCUT2D eigenvalue weighted by molar-refractivity contribution is 5.62. The molecule has 1 aromatic carbocycles. The van der Waals surface area contributed by atoms with Gasteiger partial charge in [-0.2, -0.15) is 29.9 Å². The summed E-state index contributed by atoms with van der Waals surface area (Å²) in [7, 11) is 3.07. The molecule has 0 spiro atoms. The second kappa shape index (κ2) is 11.8. The zero-order valence-electron chi connectivity index (χ0n) is 20.5. The minimum Gasteiger partial charge on any atom is -0.467 e. The summed E-state index contributed by atoms with van der Waals surface area (Å²) in [5.41, 5.74) is 1.61. The molecule has 3 rings (SSSR count). The van der Waals surface area contributed by atoms with E-state index >= 15 is 0 Å². The fourth-order valence-electron chi connectivity index (χ4n) is 3.18. The average molecular weight is 469 g/mol. The summed E-state index contributed by atoms with van der Waals surface area (Å²) in [4.78, 5) is 30.4. The summed E-state index contributed by atoms with van der Waals surface area (Å²) in [5, 5.41) is 6.41. The molecule has 3 aromatic rings. The van der Waals surface area contributed by atoms with Crippen LogP contribution in [0.1, 0.15) is 27.7 Å². The first-order chi connectivity index (χ1) is 16.5. The van der Waals surface area contributed by atoms with Crippen molar-refractivity contribution >= 4 is 35.2 Å². The van der Waals surface area contributed by atoms with Crippen LogP contribution in [0, 0.1) is 0 Å². The lowest BCUT2D eigenvalue weighted by molar-refractivity contribution is 0.378. The van der Waals surface area contributed by atoms with Gasteiger partial charge in [-0.15, -0.1) is 0 Å². The van der Waals surface area contributed by atoms with Crippen molar-refractivity contribution in [1.82, 2.24) is 29.9 Å². The van der Waals surface area contributed by atoms with E-state index in [1.807, 2.05) is 61.8 Å². The van der Waals surface area contributed by atoms with E-state index in [0.717, 1.165) is 37.6 Å². The maximum atomic E-state index is 5.25. The van der Waals surface area contributed by atoms with Crippen molar-refractivity contribution in [2.24, 2.45) is 0 Å². The Labute approximate surface area is 199 Å². The van der Waals surface area contributed by atoms with Gasteiger partial charge in [0.2, 0.25) is 23.8 Å². The molecule has 12 nitrogen and oxygen atoms in total. The average Bonchev–Trinajstić information content (AvgIpc) is 2.86. The normalized spacial score (nSPS) is 10.5. The molecule has 0 saturated heterocycles. The Hall–Kier alpha value is -3.96. The Kier molecular flexibility index (Phi) is 8.54. The van der Waals surface area contributed by atoms with E-state index in [4.69, 9.17) is 9.47 Å². The lowest BCUT2D eigenvalue weighted by Crippen LogP contribution is -2.25. The number of nitrogens with one attached hydrogen (secondary N) is 2. The topological polar surface area (TPSA) is 126 Å². The van der Waals surface area contributed by atoms with Gasteiger partial charge in [0.25, 0.3) is 0 Å². The third kappa shape index (κ3) is 6.09. The van der Waals surface area contributed by atoms with Crippen molar-refractivity contribution in [3.05, 3.63) is 24.3 Å². The number of aromatic nitrogens is 6. The van der Waals surface area contributed by atoms with Crippen molar-refractivity contribution < 1.29 is 9.47 Å². The van der Waals surface area contributed by atoms with Crippen LogP contribution < -0.4 is 29.9 Å². The molecule has 12 heteroatoms. The summed E-state index contributed by atoms with van der Waals surface area (Å²) >= 11 is 0. The number of rotatable bonds is 12. The standard InChI is InChI=1S/C22H32N10O2/c1-7-31(8-2)19-25-17(27-21(29-19)33-5)23-15-11-13-16(14-12-15)24-18-26-20(32(9-3)10-4)30-22(28-18)34-6/h11-14H,7-10H2,1-6H3,(H,23,25,27,29)(H,24,26,28,30). The fourth-order valence-corrected chi connectivity index (χ4v) is 3.18. The first kappa shape index (κ1) is 24.7. The van der Waals surface area contributed by atoms with Gasteiger partial charge in [-0.05, 0) is 52.0 Å². The Morgan fingerprint density at radius 3 is 1.24 bits per heavy atom. The third-order valence-electron chi connectivity index (χ3n) is 5.06. The molecule has 0 radical (unpaired) electrons. The smallest absolute Gasteiger partial charge is 0.322 e.